The Labute approximate surface area is 190 Å². The smallest absolute Gasteiger partial charge is 0.322 e. The standard InChI is InChI=1S/C25H24FN5O2/c1-15-11-17(7-9-27-15)24-20-12-18-14-31(25(32)28-21(18)13-22(20)29-30-24)23(8-10-33-2)16-3-5-19(26)6-4-16/h3-7,9,11-13,23H,8,10,14H2,1-2H3,(H,28,32)(H,29,30)/t23-/m1/s1. The van der Waals surface area contributed by atoms with Gasteiger partial charge in [-0.25, -0.2) is 9.18 Å². The Morgan fingerprint density at radius 3 is 2.76 bits per heavy atom. The minimum absolute atomic E-state index is 0.197. The molecule has 2 aromatic carbocycles. The van der Waals surface area contributed by atoms with Crippen LogP contribution in [0, 0.1) is 12.7 Å². The largest absolute Gasteiger partial charge is 0.385 e. The molecule has 0 spiro atoms. The highest BCUT2D eigenvalue weighted by Crippen LogP contribution is 2.36. The number of anilines is 1. The summed E-state index contributed by atoms with van der Waals surface area (Å²) in [4.78, 5) is 19.1. The van der Waals surface area contributed by atoms with Crippen LogP contribution >= 0.6 is 0 Å². The van der Waals surface area contributed by atoms with E-state index >= 15 is 0 Å². The van der Waals surface area contributed by atoms with Gasteiger partial charge in [0.1, 0.15) is 11.5 Å². The quantitative estimate of drug-likeness (QED) is 0.427. The fraction of sp³-hybridized carbons (Fsp3) is 0.240. The lowest BCUT2D eigenvalue weighted by atomic mass is 9.98. The van der Waals surface area contributed by atoms with E-state index in [-0.39, 0.29) is 17.9 Å². The first kappa shape index (κ1) is 21.1. The van der Waals surface area contributed by atoms with E-state index in [1.807, 2.05) is 25.1 Å². The molecule has 0 bridgehead atoms. The molecule has 2 N–H and O–H groups in total. The van der Waals surface area contributed by atoms with E-state index in [4.69, 9.17) is 4.74 Å². The van der Waals surface area contributed by atoms with Crippen molar-refractivity contribution in [3.63, 3.8) is 0 Å². The van der Waals surface area contributed by atoms with Crippen molar-refractivity contribution in [1.29, 1.82) is 0 Å². The molecule has 0 fully saturated rings. The first-order valence-electron chi connectivity index (χ1n) is 10.8. The van der Waals surface area contributed by atoms with Crippen LogP contribution in [-0.2, 0) is 11.3 Å². The van der Waals surface area contributed by atoms with Crippen LogP contribution in [0.25, 0.3) is 22.2 Å². The SMILES string of the molecule is COCC[C@H](c1ccc(F)cc1)N1Cc2cc3c(-c4ccnc(C)c4)n[nH]c3cc2NC1=O. The molecule has 5 rings (SSSR count). The molecule has 33 heavy (non-hydrogen) atoms. The van der Waals surface area contributed by atoms with E-state index in [2.05, 4.69) is 26.6 Å². The number of hydrogen-bond donors (Lipinski definition) is 2. The lowest BCUT2D eigenvalue weighted by Gasteiger charge is -2.36. The highest BCUT2D eigenvalue weighted by Gasteiger charge is 2.30. The van der Waals surface area contributed by atoms with Crippen molar-refractivity contribution >= 4 is 22.6 Å². The molecule has 2 aromatic heterocycles. The average molecular weight is 445 g/mol. The second-order valence-electron chi connectivity index (χ2n) is 8.22. The molecule has 3 heterocycles. The van der Waals surface area contributed by atoms with Crippen molar-refractivity contribution in [3.8, 4) is 11.3 Å². The van der Waals surface area contributed by atoms with E-state index in [9.17, 15) is 9.18 Å². The highest BCUT2D eigenvalue weighted by atomic mass is 19.1. The van der Waals surface area contributed by atoms with E-state index < -0.39 is 0 Å². The summed E-state index contributed by atoms with van der Waals surface area (Å²) in [5, 5.41) is 11.6. The van der Waals surface area contributed by atoms with E-state index in [1.54, 1.807) is 30.3 Å². The van der Waals surface area contributed by atoms with Gasteiger partial charge < -0.3 is 15.0 Å². The summed E-state index contributed by atoms with van der Waals surface area (Å²) in [6.07, 6.45) is 2.37. The summed E-state index contributed by atoms with van der Waals surface area (Å²) in [6, 6.07) is 13.8. The number of aryl methyl sites for hydroxylation is 1. The first-order chi connectivity index (χ1) is 16.0. The Kier molecular flexibility index (Phi) is 5.51. The normalized spacial score (nSPS) is 14.3. The number of nitrogens with zero attached hydrogens (tertiary/aromatic N) is 3. The number of nitrogens with one attached hydrogen (secondary N) is 2. The summed E-state index contributed by atoms with van der Waals surface area (Å²) < 4.78 is 18.8. The number of aromatic amines is 1. The molecule has 8 heteroatoms. The van der Waals surface area contributed by atoms with Crippen LogP contribution in [-0.4, -0.2) is 39.8 Å². The van der Waals surface area contributed by atoms with Crippen LogP contribution in [0.15, 0.2) is 54.7 Å². The van der Waals surface area contributed by atoms with Crippen molar-refractivity contribution in [2.75, 3.05) is 19.0 Å². The van der Waals surface area contributed by atoms with Gasteiger partial charge in [0.05, 0.1) is 18.1 Å². The zero-order valence-electron chi connectivity index (χ0n) is 18.4. The maximum atomic E-state index is 13.5. The lowest BCUT2D eigenvalue weighted by Crippen LogP contribution is -2.41. The maximum absolute atomic E-state index is 13.5. The van der Waals surface area contributed by atoms with Crippen molar-refractivity contribution < 1.29 is 13.9 Å². The van der Waals surface area contributed by atoms with E-state index in [0.29, 0.717) is 19.6 Å². The van der Waals surface area contributed by atoms with Gasteiger partial charge in [0.2, 0.25) is 0 Å². The maximum Gasteiger partial charge on any atom is 0.322 e. The number of amides is 2. The Morgan fingerprint density at radius 1 is 1.18 bits per heavy atom. The number of carbonyl (C=O) groups is 1. The van der Waals surface area contributed by atoms with E-state index in [0.717, 1.165) is 44.7 Å². The van der Waals surface area contributed by atoms with Crippen molar-refractivity contribution in [2.45, 2.75) is 25.9 Å². The first-order valence-corrected chi connectivity index (χ1v) is 10.8. The second-order valence-corrected chi connectivity index (χ2v) is 8.22. The van der Waals surface area contributed by atoms with Crippen molar-refractivity contribution in [1.82, 2.24) is 20.1 Å². The number of halogens is 1. The summed E-state index contributed by atoms with van der Waals surface area (Å²) in [5.74, 6) is -0.307. The molecule has 1 atom stereocenters. The van der Waals surface area contributed by atoms with Gasteiger partial charge in [0, 0.05) is 42.2 Å². The van der Waals surface area contributed by atoms with Crippen LogP contribution in [0.5, 0.6) is 0 Å². The van der Waals surface area contributed by atoms with Crippen LogP contribution in [0.4, 0.5) is 14.9 Å². The minimum Gasteiger partial charge on any atom is -0.385 e. The molecule has 0 radical (unpaired) electrons. The number of fused-ring (bicyclic) bond motifs is 2. The van der Waals surface area contributed by atoms with Gasteiger partial charge in [0.25, 0.3) is 0 Å². The monoisotopic (exact) mass is 445 g/mol. The van der Waals surface area contributed by atoms with Crippen molar-refractivity contribution in [3.05, 3.63) is 77.4 Å². The number of carbonyl (C=O) groups excluding carboxylic acids is 1. The fourth-order valence-corrected chi connectivity index (χ4v) is 4.38. The van der Waals surface area contributed by atoms with Crippen LogP contribution in [0.3, 0.4) is 0 Å². The summed E-state index contributed by atoms with van der Waals surface area (Å²) in [6.45, 7) is 2.84. The average Bonchev–Trinajstić information content (AvgIpc) is 3.22. The number of pyridine rings is 1. The number of ether oxygens (including phenoxy) is 1. The number of aromatic nitrogens is 3. The number of benzene rings is 2. The highest BCUT2D eigenvalue weighted by molar-refractivity contribution is 6.00. The Balaban J connectivity index is 1.53. The van der Waals surface area contributed by atoms with E-state index in [1.165, 1.54) is 12.1 Å². The third-order valence-electron chi connectivity index (χ3n) is 6.03. The topological polar surface area (TPSA) is 83.1 Å². The Morgan fingerprint density at radius 2 is 2.00 bits per heavy atom. The van der Waals surface area contributed by atoms with Crippen molar-refractivity contribution in [2.24, 2.45) is 0 Å². The van der Waals surface area contributed by atoms with Gasteiger partial charge in [-0.15, -0.1) is 0 Å². The fourth-order valence-electron chi connectivity index (χ4n) is 4.38. The molecule has 2 amide bonds. The number of hydrogen-bond acceptors (Lipinski definition) is 4. The number of rotatable bonds is 6. The molecule has 0 saturated carbocycles. The zero-order valence-corrected chi connectivity index (χ0v) is 18.4. The summed E-state index contributed by atoms with van der Waals surface area (Å²) >= 11 is 0. The van der Waals surface area contributed by atoms with Gasteiger partial charge in [-0.1, -0.05) is 12.1 Å². The van der Waals surface area contributed by atoms with Gasteiger partial charge in [-0.05, 0) is 60.9 Å². The molecule has 1 aliphatic heterocycles. The molecule has 0 saturated heterocycles. The molecular formula is C25H24FN5O2. The van der Waals surface area contributed by atoms with Gasteiger partial charge in [-0.3, -0.25) is 10.1 Å². The minimum atomic E-state index is -0.307. The van der Waals surface area contributed by atoms with Gasteiger partial charge in [0.15, 0.2) is 0 Å². The molecule has 4 aromatic rings. The molecule has 168 valence electrons. The van der Waals surface area contributed by atoms with Gasteiger partial charge >= 0.3 is 6.03 Å². The lowest BCUT2D eigenvalue weighted by molar-refractivity contribution is 0.138. The predicted octanol–water partition coefficient (Wildman–Crippen LogP) is 5.20. The van der Waals surface area contributed by atoms with Gasteiger partial charge in [-0.2, -0.15) is 5.10 Å². The van der Waals surface area contributed by atoms with Crippen LogP contribution in [0.1, 0.15) is 29.3 Å². The zero-order chi connectivity index (χ0) is 22.9. The molecule has 0 unspecified atom stereocenters. The van der Waals surface area contributed by atoms with Crippen LogP contribution in [0.2, 0.25) is 0 Å². The Bertz CT molecular complexity index is 1320. The third kappa shape index (κ3) is 4.05. The number of H-pyrrole nitrogens is 1. The molecule has 1 aliphatic rings. The molecule has 7 nitrogen and oxygen atoms in total. The Hall–Kier alpha value is -3.78. The predicted molar refractivity (Wildman–Crippen MR) is 124 cm³/mol. The third-order valence-corrected chi connectivity index (χ3v) is 6.03. The van der Waals surface area contributed by atoms with Crippen LogP contribution < -0.4 is 5.32 Å². The summed E-state index contributed by atoms with van der Waals surface area (Å²) in [5.41, 5.74) is 6.20. The summed E-state index contributed by atoms with van der Waals surface area (Å²) in [7, 11) is 1.63. The number of urea groups is 1. The molecule has 0 aliphatic carbocycles. The number of methoxy groups -OCH3 is 1. The molecular weight excluding hydrogens is 421 g/mol. The second kappa shape index (κ2) is 8.63.